The molecule has 0 spiro atoms. The zero-order chi connectivity index (χ0) is 15.3. The van der Waals surface area contributed by atoms with Crippen molar-refractivity contribution in [2.24, 2.45) is 0 Å². The Morgan fingerprint density at radius 2 is 2.18 bits per heavy atom. The number of benzene rings is 1. The van der Waals surface area contributed by atoms with Gasteiger partial charge in [-0.2, -0.15) is 9.61 Å². The average Bonchev–Trinajstić information content (AvgIpc) is 3.10. The molecular weight excluding hydrogens is 320 g/mol. The summed E-state index contributed by atoms with van der Waals surface area (Å²) in [5.74, 6) is 2.33. The fourth-order valence-electron chi connectivity index (χ4n) is 2.39. The van der Waals surface area contributed by atoms with Crippen LogP contribution in [-0.4, -0.2) is 19.8 Å². The van der Waals surface area contributed by atoms with E-state index in [1.807, 2.05) is 36.6 Å². The lowest BCUT2D eigenvalue weighted by atomic mass is 10.2. The van der Waals surface area contributed by atoms with Crippen molar-refractivity contribution in [3.05, 3.63) is 39.6 Å². The third kappa shape index (κ3) is 2.46. The van der Waals surface area contributed by atoms with Gasteiger partial charge in [0.15, 0.2) is 10.8 Å². The summed E-state index contributed by atoms with van der Waals surface area (Å²) in [7, 11) is 0. The number of rotatable bonds is 4. The standard InChI is InChI=1S/C15H15ClN4OS/c1-8-7-11(16)5-6-12(8)21-9(2)14-19-20-13(10-3-4-10)17-18-15(20)22-14/h5-7,9-10H,3-4H2,1-2H3/t9-/m1/s1. The minimum Gasteiger partial charge on any atom is -0.483 e. The highest BCUT2D eigenvalue weighted by atomic mass is 35.5. The summed E-state index contributed by atoms with van der Waals surface area (Å²) in [6, 6.07) is 5.62. The number of fused-ring (bicyclic) bond motifs is 1. The van der Waals surface area contributed by atoms with Gasteiger partial charge in [-0.25, -0.2) is 0 Å². The first-order valence-corrected chi connectivity index (χ1v) is 8.46. The fourth-order valence-corrected chi connectivity index (χ4v) is 3.45. The van der Waals surface area contributed by atoms with Crippen LogP contribution in [-0.2, 0) is 0 Å². The first kappa shape index (κ1) is 14.0. The SMILES string of the molecule is Cc1cc(Cl)ccc1O[C@H](C)c1nn2c(C3CC3)nnc2s1. The Kier molecular flexibility index (Phi) is 3.31. The molecule has 1 aliphatic carbocycles. The maximum Gasteiger partial charge on any atom is 0.234 e. The molecule has 0 N–H and O–H groups in total. The van der Waals surface area contributed by atoms with Gasteiger partial charge in [-0.1, -0.05) is 22.9 Å². The minimum absolute atomic E-state index is 0.140. The maximum atomic E-state index is 6.03. The summed E-state index contributed by atoms with van der Waals surface area (Å²) < 4.78 is 7.90. The molecule has 114 valence electrons. The smallest absolute Gasteiger partial charge is 0.234 e. The van der Waals surface area contributed by atoms with Crippen LogP contribution in [0.2, 0.25) is 5.02 Å². The molecule has 1 atom stereocenters. The lowest BCUT2D eigenvalue weighted by Crippen LogP contribution is -2.05. The maximum absolute atomic E-state index is 6.03. The third-order valence-corrected chi connectivity index (χ3v) is 5.06. The lowest BCUT2D eigenvalue weighted by Gasteiger charge is -2.14. The van der Waals surface area contributed by atoms with Gasteiger partial charge in [0.25, 0.3) is 0 Å². The summed E-state index contributed by atoms with van der Waals surface area (Å²) >= 11 is 7.50. The number of hydrogen-bond acceptors (Lipinski definition) is 5. The van der Waals surface area contributed by atoms with Gasteiger partial charge in [-0.05, 0) is 50.5 Å². The molecule has 2 heterocycles. The van der Waals surface area contributed by atoms with Crippen LogP contribution in [0.3, 0.4) is 0 Å². The summed E-state index contributed by atoms with van der Waals surface area (Å²) in [6.07, 6.45) is 2.23. The predicted molar refractivity (Wildman–Crippen MR) is 85.9 cm³/mol. The van der Waals surface area contributed by atoms with Gasteiger partial charge in [0.1, 0.15) is 11.9 Å². The van der Waals surface area contributed by atoms with Crippen LogP contribution < -0.4 is 4.74 Å². The third-order valence-electron chi connectivity index (χ3n) is 3.76. The van der Waals surface area contributed by atoms with Crippen LogP contribution >= 0.6 is 22.9 Å². The van der Waals surface area contributed by atoms with Crippen molar-refractivity contribution in [3.63, 3.8) is 0 Å². The van der Waals surface area contributed by atoms with E-state index in [4.69, 9.17) is 16.3 Å². The van der Waals surface area contributed by atoms with Crippen molar-refractivity contribution in [2.45, 2.75) is 38.7 Å². The molecule has 0 aliphatic heterocycles. The molecule has 0 radical (unpaired) electrons. The highest BCUT2D eigenvalue weighted by Crippen LogP contribution is 2.39. The van der Waals surface area contributed by atoms with Crippen molar-refractivity contribution < 1.29 is 4.74 Å². The Morgan fingerprint density at radius 3 is 2.91 bits per heavy atom. The molecule has 2 aromatic heterocycles. The van der Waals surface area contributed by atoms with Crippen molar-refractivity contribution in [1.82, 2.24) is 19.8 Å². The van der Waals surface area contributed by atoms with E-state index in [2.05, 4.69) is 15.3 Å². The van der Waals surface area contributed by atoms with Gasteiger partial charge in [0.2, 0.25) is 4.96 Å². The summed E-state index contributed by atoms with van der Waals surface area (Å²) in [5.41, 5.74) is 1.01. The molecule has 0 bridgehead atoms. The van der Waals surface area contributed by atoms with E-state index < -0.39 is 0 Å². The lowest BCUT2D eigenvalue weighted by molar-refractivity contribution is 0.223. The van der Waals surface area contributed by atoms with E-state index in [0.29, 0.717) is 10.9 Å². The molecular formula is C15H15ClN4OS. The molecule has 1 aliphatic rings. The number of halogens is 1. The van der Waals surface area contributed by atoms with Gasteiger partial charge in [-0.15, -0.1) is 10.2 Å². The molecule has 7 heteroatoms. The second-order valence-corrected chi connectivity index (χ2v) is 7.06. The number of aromatic nitrogens is 4. The zero-order valence-electron chi connectivity index (χ0n) is 12.3. The molecule has 0 saturated heterocycles. The Hall–Kier alpha value is -1.66. The number of nitrogens with zero attached hydrogens (tertiary/aromatic N) is 4. The monoisotopic (exact) mass is 334 g/mol. The zero-order valence-corrected chi connectivity index (χ0v) is 13.9. The molecule has 5 nitrogen and oxygen atoms in total. The first-order chi connectivity index (χ1) is 10.6. The highest BCUT2D eigenvalue weighted by Gasteiger charge is 2.30. The number of ether oxygens (including phenoxy) is 1. The summed E-state index contributed by atoms with van der Waals surface area (Å²) in [4.78, 5) is 0.833. The van der Waals surface area contributed by atoms with E-state index in [1.54, 1.807) is 0 Å². The molecule has 1 fully saturated rings. The van der Waals surface area contributed by atoms with E-state index in [0.717, 1.165) is 27.1 Å². The Labute approximate surface area is 136 Å². The normalized spacial score (nSPS) is 16.1. The quantitative estimate of drug-likeness (QED) is 0.718. The summed E-state index contributed by atoms with van der Waals surface area (Å²) in [5, 5.41) is 14.7. The van der Waals surface area contributed by atoms with Crippen LogP contribution in [0.5, 0.6) is 5.75 Å². The van der Waals surface area contributed by atoms with E-state index in [1.165, 1.54) is 24.2 Å². The van der Waals surface area contributed by atoms with Gasteiger partial charge < -0.3 is 4.74 Å². The second kappa shape index (κ2) is 5.21. The van der Waals surface area contributed by atoms with Crippen molar-refractivity contribution >= 4 is 27.9 Å². The van der Waals surface area contributed by atoms with Crippen LogP contribution in [0.15, 0.2) is 18.2 Å². The van der Waals surface area contributed by atoms with Gasteiger partial charge in [0, 0.05) is 10.9 Å². The van der Waals surface area contributed by atoms with Gasteiger partial charge >= 0.3 is 0 Å². The Morgan fingerprint density at radius 1 is 1.36 bits per heavy atom. The molecule has 1 aromatic carbocycles. The summed E-state index contributed by atoms with van der Waals surface area (Å²) in [6.45, 7) is 3.98. The topological polar surface area (TPSA) is 52.3 Å². The predicted octanol–water partition coefficient (Wildman–Crippen LogP) is 4.17. The molecule has 22 heavy (non-hydrogen) atoms. The van der Waals surface area contributed by atoms with E-state index in [9.17, 15) is 0 Å². The fraction of sp³-hybridized carbons (Fsp3) is 0.400. The molecule has 4 rings (SSSR count). The van der Waals surface area contributed by atoms with Gasteiger partial charge in [-0.3, -0.25) is 0 Å². The first-order valence-electron chi connectivity index (χ1n) is 7.26. The molecule has 3 aromatic rings. The molecule has 1 saturated carbocycles. The van der Waals surface area contributed by atoms with Gasteiger partial charge in [0.05, 0.1) is 0 Å². The van der Waals surface area contributed by atoms with Crippen LogP contribution in [0.25, 0.3) is 4.96 Å². The van der Waals surface area contributed by atoms with Crippen LogP contribution in [0.1, 0.15) is 48.2 Å². The van der Waals surface area contributed by atoms with Crippen LogP contribution in [0.4, 0.5) is 0 Å². The largest absolute Gasteiger partial charge is 0.483 e. The van der Waals surface area contributed by atoms with Crippen molar-refractivity contribution in [3.8, 4) is 5.75 Å². The van der Waals surface area contributed by atoms with Crippen molar-refractivity contribution in [2.75, 3.05) is 0 Å². The Balaban J connectivity index is 1.60. The van der Waals surface area contributed by atoms with Crippen molar-refractivity contribution in [1.29, 1.82) is 0 Å². The van der Waals surface area contributed by atoms with E-state index >= 15 is 0 Å². The van der Waals surface area contributed by atoms with E-state index in [-0.39, 0.29) is 6.10 Å². The minimum atomic E-state index is -0.140. The molecule has 0 unspecified atom stereocenters. The number of aryl methyl sites for hydroxylation is 1. The van der Waals surface area contributed by atoms with Crippen LogP contribution in [0, 0.1) is 6.92 Å². The Bertz CT molecular complexity index is 839. The number of hydrogen-bond donors (Lipinski definition) is 0. The average molecular weight is 335 g/mol. The second-order valence-electron chi connectivity index (χ2n) is 5.64. The molecule has 0 amide bonds. The highest BCUT2D eigenvalue weighted by molar-refractivity contribution is 7.16.